The van der Waals surface area contributed by atoms with Crippen LogP contribution in [0.2, 0.25) is 0 Å². The average Bonchev–Trinajstić information content (AvgIpc) is 2.28. The highest BCUT2D eigenvalue weighted by Crippen LogP contribution is 2.29. The van der Waals surface area contributed by atoms with Gasteiger partial charge in [0, 0.05) is 12.0 Å². The van der Waals surface area contributed by atoms with Crippen LogP contribution in [0.3, 0.4) is 0 Å². The molecule has 5 nitrogen and oxygen atoms in total. The maximum absolute atomic E-state index is 11.1. The molecule has 1 aliphatic heterocycles. The highest BCUT2D eigenvalue weighted by Gasteiger charge is 2.16. The van der Waals surface area contributed by atoms with Gasteiger partial charge in [-0.1, -0.05) is 12.6 Å². The van der Waals surface area contributed by atoms with E-state index in [9.17, 15) is 9.59 Å². The monoisotopic (exact) mass is 233 g/mol. The summed E-state index contributed by atoms with van der Waals surface area (Å²) in [6.45, 7) is 3.47. The lowest BCUT2D eigenvalue weighted by atomic mass is 10.1. The molecule has 0 spiro atoms. The van der Waals surface area contributed by atoms with Crippen LogP contribution in [0, 0.1) is 0 Å². The molecule has 1 aliphatic rings. The number of rotatable bonds is 3. The van der Waals surface area contributed by atoms with Crippen molar-refractivity contribution < 1.29 is 19.4 Å². The number of anilines is 1. The van der Waals surface area contributed by atoms with Crippen LogP contribution in [0.5, 0.6) is 5.75 Å². The van der Waals surface area contributed by atoms with Crippen LogP contribution in [0.25, 0.3) is 0 Å². The number of carbonyl (C=O) groups is 2. The van der Waals surface area contributed by atoms with E-state index in [4.69, 9.17) is 9.84 Å². The van der Waals surface area contributed by atoms with Crippen LogP contribution >= 0.6 is 0 Å². The molecule has 17 heavy (non-hydrogen) atoms. The lowest BCUT2D eigenvalue weighted by Crippen LogP contribution is -2.25. The Morgan fingerprint density at radius 3 is 3.00 bits per heavy atom. The quantitative estimate of drug-likeness (QED) is 0.769. The minimum absolute atomic E-state index is 0.00812. The molecule has 88 valence electrons. The van der Waals surface area contributed by atoms with Gasteiger partial charge in [-0.2, -0.15) is 0 Å². The molecule has 1 amide bonds. The first-order chi connectivity index (χ1) is 8.06. The summed E-state index contributed by atoms with van der Waals surface area (Å²) in [4.78, 5) is 21.8. The summed E-state index contributed by atoms with van der Waals surface area (Å²) in [5.41, 5.74) is 1.44. The van der Waals surface area contributed by atoms with E-state index in [0.717, 1.165) is 5.56 Å². The molecule has 5 heteroatoms. The van der Waals surface area contributed by atoms with Gasteiger partial charge in [-0.05, 0) is 17.7 Å². The lowest BCUT2D eigenvalue weighted by molar-refractivity contribution is -0.132. The maximum Gasteiger partial charge on any atom is 0.331 e. The average molecular weight is 233 g/mol. The predicted octanol–water partition coefficient (Wildman–Crippen LogP) is 1.20. The summed E-state index contributed by atoms with van der Waals surface area (Å²) in [5.74, 6) is -0.649. The van der Waals surface area contributed by atoms with E-state index in [2.05, 4.69) is 11.9 Å². The van der Waals surface area contributed by atoms with Crippen LogP contribution in [-0.4, -0.2) is 23.6 Å². The normalized spacial score (nSPS) is 13.3. The number of hydrogen-bond donors (Lipinski definition) is 2. The van der Waals surface area contributed by atoms with Gasteiger partial charge in [0.05, 0.1) is 5.69 Å². The van der Waals surface area contributed by atoms with Gasteiger partial charge in [0.15, 0.2) is 6.61 Å². The number of carboxylic acid groups (broad SMARTS) is 1. The molecule has 2 rings (SSSR count). The number of amides is 1. The molecule has 1 aromatic carbocycles. The summed E-state index contributed by atoms with van der Waals surface area (Å²) in [6.07, 6.45) is 0.235. The lowest BCUT2D eigenvalue weighted by Gasteiger charge is -2.18. The smallest absolute Gasteiger partial charge is 0.331 e. The number of ether oxygens (including phenoxy) is 1. The molecule has 0 saturated heterocycles. The first-order valence-corrected chi connectivity index (χ1v) is 5.03. The van der Waals surface area contributed by atoms with Crippen molar-refractivity contribution >= 4 is 17.6 Å². The highest BCUT2D eigenvalue weighted by atomic mass is 16.5. The number of carboxylic acids is 1. The van der Waals surface area contributed by atoms with Gasteiger partial charge in [-0.3, -0.25) is 4.79 Å². The minimum Gasteiger partial charge on any atom is -0.482 e. The first-order valence-electron chi connectivity index (χ1n) is 5.03. The Kier molecular flexibility index (Phi) is 2.82. The molecular weight excluding hydrogens is 222 g/mol. The minimum atomic E-state index is -1.02. The summed E-state index contributed by atoms with van der Waals surface area (Å²) >= 11 is 0. The van der Waals surface area contributed by atoms with E-state index in [1.54, 1.807) is 18.2 Å². The van der Waals surface area contributed by atoms with Gasteiger partial charge in [-0.25, -0.2) is 4.79 Å². The van der Waals surface area contributed by atoms with E-state index < -0.39 is 5.97 Å². The van der Waals surface area contributed by atoms with E-state index in [1.165, 1.54) is 0 Å². The first kappa shape index (κ1) is 11.2. The number of hydrogen-bond acceptors (Lipinski definition) is 3. The zero-order chi connectivity index (χ0) is 12.4. The zero-order valence-corrected chi connectivity index (χ0v) is 9.03. The second-order valence-electron chi connectivity index (χ2n) is 3.75. The van der Waals surface area contributed by atoms with Crippen molar-refractivity contribution in [1.82, 2.24) is 0 Å². The van der Waals surface area contributed by atoms with Crippen molar-refractivity contribution in [2.24, 2.45) is 0 Å². The van der Waals surface area contributed by atoms with Gasteiger partial charge in [0.2, 0.25) is 0 Å². The fourth-order valence-corrected chi connectivity index (χ4v) is 1.56. The molecular formula is C12H11NO4. The molecule has 0 fully saturated rings. The maximum atomic E-state index is 11.1. The van der Waals surface area contributed by atoms with E-state index in [1.807, 2.05) is 0 Å². The largest absolute Gasteiger partial charge is 0.482 e. The number of aliphatic carboxylic acids is 1. The van der Waals surface area contributed by atoms with Crippen molar-refractivity contribution in [3.8, 4) is 5.75 Å². The highest BCUT2D eigenvalue weighted by molar-refractivity contribution is 5.95. The Morgan fingerprint density at radius 1 is 1.53 bits per heavy atom. The molecule has 1 aromatic rings. The Hall–Kier alpha value is -2.30. The number of fused-ring (bicyclic) bond motifs is 1. The Balaban J connectivity index is 2.21. The second-order valence-corrected chi connectivity index (χ2v) is 3.75. The van der Waals surface area contributed by atoms with Crippen LogP contribution in [0.4, 0.5) is 5.69 Å². The van der Waals surface area contributed by atoms with E-state index in [0.29, 0.717) is 11.4 Å². The molecule has 0 bridgehead atoms. The molecule has 0 radical (unpaired) electrons. The van der Waals surface area contributed by atoms with Crippen LogP contribution in [0.1, 0.15) is 5.56 Å². The fraction of sp³-hybridized carbons (Fsp3) is 0.167. The van der Waals surface area contributed by atoms with Crippen LogP contribution < -0.4 is 10.1 Å². The van der Waals surface area contributed by atoms with Crippen LogP contribution in [0.15, 0.2) is 30.4 Å². The molecule has 0 aromatic heterocycles. The van der Waals surface area contributed by atoms with Crippen molar-refractivity contribution in [2.75, 3.05) is 11.9 Å². The van der Waals surface area contributed by atoms with Crippen molar-refractivity contribution in [3.63, 3.8) is 0 Å². The number of nitrogens with one attached hydrogen (secondary N) is 1. The van der Waals surface area contributed by atoms with Gasteiger partial charge >= 0.3 is 5.97 Å². The Labute approximate surface area is 97.7 Å². The summed E-state index contributed by atoms with van der Waals surface area (Å²) in [7, 11) is 0. The second kappa shape index (κ2) is 4.29. The van der Waals surface area contributed by atoms with Crippen molar-refractivity contribution in [3.05, 3.63) is 35.9 Å². The summed E-state index contributed by atoms with van der Waals surface area (Å²) in [5, 5.41) is 11.4. The van der Waals surface area contributed by atoms with Gasteiger partial charge in [0.25, 0.3) is 5.91 Å². The third kappa shape index (κ3) is 2.44. The van der Waals surface area contributed by atoms with Gasteiger partial charge < -0.3 is 15.2 Å². The molecule has 1 heterocycles. The van der Waals surface area contributed by atoms with Crippen molar-refractivity contribution in [1.29, 1.82) is 0 Å². The third-order valence-electron chi connectivity index (χ3n) is 2.40. The summed E-state index contributed by atoms with van der Waals surface area (Å²) in [6, 6.07) is 5.16. The van der Waals surface area contributed by atoms with Gasteiger partial charge in [0.1, 0.15) is 5.75 Å². The predicted molar refractivity (Wildman–Crippen MR) is 61.0 cm³/mol. The number of benzene rings is 1. The van der Waals surface area contributed by atoms with E-state index in [-0.39, 0.29) is 24.5 Å². The summed E-state index contributed by atoms with van der Waals surface area (Å²) < 4.78 is 5.19. The van der Waals surface area contributed by atoms with Gasteiger partial charge in [-0.15, -0.1) is 0 Å². The van der Waals surface area contributed by atoms with Crippen molar-refractivity contribution in [2.45, 2.75) is 6.42 Å². The third-order valence-corrected chi connectivity index (χ3v) is 2.40. The van der Waals surface area contributed by atoms with E-state index >= 15 is 0 Å². The molecule has 0 saturated carbocycles. The molecule has 0 aliphatic carbocycles. The Bertz CT molecular complexity index is 507. The van der Waals surface area contributed by atoms with Crippen LogP contribution in [-0.2, 0) is 16.0 Å². The Morgan fingerprint density at radius 2 is 2.29 bits per heavy atom. The molecule has 0 unspecified atom stereocenters. The fourth-order valence-electron chi connectivity index (χ4n) is 1.56. The topological polar surface area (TPSA) is 75.6 Å². The molecule has 2 N–H and O–H groups in total. The standard InChI is InChI=1S/C12H11NO4/c1-7(12(15)16)4-8-2-3-10-9(5-8)13-11(14)6-17-10/h2-3,5H,1,4,6H2,(H,13,14)(H,15,16). The SMILES string of the molecule is C=C(Cc1ccc2c(c1)NC(=O)CO2)C(=O)O. The molecule has 0 atom stereocenters. The zero-order valence-electron chi connectivity index (χ0n) is 9.03. The number of carbonyl (C=O) groups excluding carboxylic acids is 1.